The minimum absolute atomic E-state index is 0.882. The third-order valence-electron chi connectivity index (χ3n) is 3.06. The van der Waals surface area contributed by atoms with E-state index < -0.39 is 0 Å². The first-order chi connectivity index (χ1) is 9.83. The molecule has 1 aliphatic heterocycles. The topological polar surface area (TPSA) is 41.0 Å². The van der Waals surface area contributed by atoms with Crippen molar-refractivity contribution in [3.8, 4) is 0 Å². The highest BCUT2D eigenvalue weighted by molar-refractivity contribution is 7.98. The van der Waals surface area contributed by atoms with E-state index in [0.717, 1.165) is 29.7 Å². The molecule has 2 aromatic rings. The van der Waals surface area contributed by atoms with Crippen molar-refractivity contribution >= 4 is 29.1 Å². The van der Waals surface area contributed by atoms with Crippen LogP contribution in [0.15, 0.2) is 41.6 Å². The van der Waals surface area contributed by atoms with Crippen molar-refractivity contribution in [1.29, 1.82) is 0 Å². The second-order valence-electron chi connectivity index (χ2n) is 4.74. The lowest BCUT2D eigenvalue weighted by Crippen LogP contribution is -2.34. The maximum atomic E-state index is 4.46. The summed E-state index contributed by atoms with van der Waals surface area (Å²) in [6.07, 6.45) is 2.06. The molecule has 4 nitrogen and oxygen atoms in total. The fraction of sp³-hybridized carbons (Fsp3) is 0.286. The van der Waals surface area contributed by atoms with Crippen molar-refractivity contribution in [2.45, 2.75) is 10.8 Å². The van der Waals surface area contributed by atoms with Gasteiger partial charge in [-0.05, 0) is 12.6 Å². The Morgan fingerprint density at radius 3 is 2.95 bits per heavy atom. The third-order valence-corrected chi connectivity index (χ3v) is 4.74. The number of hydrogen-bond donors (Lipinski definition) is 1. The summed E-state index contributed by atoms with van der Waals surface area (Å²) in [5, 5.41) is 4.30. The molecule has 2 heterocycles. The molecular weight excluding hydrogens is 288 g/mol. The molecule has 0 spiro atoms. The number of aromatic nitrogens is 2. The number of thioether (sulfide) groups is 1. The minimum Gasteiger partial charge on any atom is -0.378 e. The van der Waals surface area contributed by atoms with Crippen molar-refractivity contribution in [2.75, 3.05) is 20.3 Å². The zero-order chi connectivity index (χ0) is 13.8. The van der Waals surface area contributed by atoms with Crippen LogP contribution in [0.2, 0.25) is 0 Å². The molecule has 104 valence electrons. The summed E-state index contributed by atoms with van der Waals surface area (Å²) in [5.41, 5.74) is 3.54. The number of nitrogens with zero attached hydrogens (tertiary/aromatic N) is 3. The van der Waals surface area contributed by atoms with Gasteiger partial charge in [-0.3, -0.25) is 4.90 Å². The minimum atomic E-state index is 0.882. The van der Waals surface area contributed by atoms with Gasteiger partial charge in [-0.25, -0.2) is 0 Å². The van der Waals surface area contributed by atoms with Gasteiger partial charge in [-0.2, -0.15) is 8.75 Å². The van der Waals surface area contributed by atoms with E-state index in [1.807, 2.05) is 6.07 Å². The SMILES string of the molecule is CN1CNC=C(c2nsnc2SCc2ccccc2)C1. The highest BCUT2D eigenvalue weighted by Gasteiger charge is 2.17. The summed E-state index contributed by atoms with van der Waals surface area (Å²) >= 11 is 3.04. The number of rotatable bonds is 4. The Morgan fingerprint density at radius 2 is 2.15 bits per heavy atom. The van der Waals surface area contributed by atoms with E-state index in [1.165, 1.54) is 22.9 Å². The summed E-state index contributed by atoms with van der Waals surface area (Å²) in [6.45, 7) is 1.80. The van der Waals surface area contributed by atoms with Crippen LogP contribution in [0.3, 0.4) is 0 Å². The van der Waals surface area contributed by atoms with Crippen LogP contribution in [0.4, 0.5) is 0 Å². The fourth-order valence-corrected chi connectivity index (χ4v) is 3.72. The summed E-state index contributed by atoms with van der Waals surface area (Å²) in [6, 6.07) is 10.5. The van der Waals surface area contributed by atoms with Crippen LogP contribution < -0.4 is 5.32 Å². The maximum Gasteiger partial charge on any atom is 0.138 e. The van der Waals surface area contributed by atoms with E-state index in [2.05, 4.69) is 56.5 Å². The number of benzene rings is 1. The van der Waals surface area contributed by atoms with E-state index in [4.69, 9.17) is 0 Å². The molecule has 0 amide bonds. The Hall–Kier alpha value is -1.37. The number of likely N-dealkylation sites (N-methyl/N-ethyl adjacent to an activating group) is 1. The van der Waals surface area contributed by atoms with Gasteiger partial charge in [0.1, 0.15) is 10.7 Å². The van der Waals surface area contributed by atoms with Crippen molar-refractivity contribution in [1.82, 2.24) is 19.0 Å². The molecule has 3 rings (SSSR count). The summed E-state index contributed by atoms with van der Waals surface area (Å²) in [4.78, 5) is 2.22. The fourth-order valence-electron chi connectivity index (χ4n) is 2.06. The molecule has 0 unspecified atom stereocenters. The van der Waals surface area contributed by atoms with Gasteiger partial charge in [-0.15, -0.1) is 0 Å². The Balaban J connectivity index is 1.72. The molecule has 6 heteroatoms. The molecule has 0 saturated heterocycles. The predicted octanol–water partition coefficient (Wildman–Crippen LogP) is 2.66. The molecule has 1 aromatic carbocycles. The van der Waals surface area contributed by atoms with E-state index in [-0.39, 0.29) is 0 Å². The Morgan fingerprint density at radius 1 is 1.30 bits per heavy atom. The molecule has 1 aliphatic rings. The van der Waals surface area contributed by atoms with E-state index in [9.17, 15) is 0 Å². The van der Waals surface area contributed by atoms with Crippen LogP contribution in [-0.4, -0.2) is 33.9 Å². The van der Waals surface area contributed by atoms with Crippen LogP contribution in [0.1, 0.15) is 11.3 Å². The first-order valence-electron chi connectivity index (χ1n) is 6.43. The van der Waals surface area contributed by atoms with Crippen LogP contribution in [-0.2, 0) is 5.75 Å². The standard InChI is InChI=1S/C14H16N4S2/c1-18-8-12(7-15-10-18)13-14(17-20-16-13)19-9-11-5-3-2-4-6-11/h2-7,15H,8-10H2,1H3. The van der Waals surface area contributed by atoms with Crippen LogP contribution in [0.5, 0.6) is 0 Å². The highest BCUT2D eigenvalue weighted by Crippen LogP contribution is 2.29. The third kappa shape index (κ3) is 3.20. The molecule has 1 aromatic heterocycles. The number of hydrogen-bond acceptors (Lipinski definition) is 6. The Kier molecular flexibility index (Phi) is 4.34. The second kappa shape index (κ2) is 6.39. The van der Waals surface area contributed by atoms with Gasteiger partial charge in [-0.1, -0.05) is 42.1 Å². The van der Waals surface area contributed by atoms with Gasteiger partial charge in [0.25, 0.3) is 0 Å². The van der Waals surface area contributed by atoms with Gasteiger partial charge in [0.05, 0.1) is 18.4 Å². The summed E-state index contributed by atoms with van der Waals surface area (Å²) in [7, 11) is 2.09. The normalized spacial score (nSPS) is 15.8. The lowest BCUT2D eigenvalue weighted by molar-refractivity contribution is 0.349. The first-order valence-corrected chi connectivity index (χ1v) is 8.15. The van der Waals surface area contributed by atoms with Gasteiger partial charge >= 0.3 is 0 Å². The molecule has 20 heavy (non-hydrogen) atoms. The zero-order valence-electron chi connectivity index (χ0n) is 11.2. The van der Waals surface area contributed by atoms with Crippen molar-refractivity contribution in [3.63, 3.8) is 0 Å². The molecule has 0 fully saturated rings. The van der Waals surface area contributed by atoms with E-state index >= 15 is 0 Å². The monoisotopic (exact) mass is 304 g/mol. The van der Waals surface area contributed by atoms with Crippen molar-refractivity contribution in [3.05, 3.63) is 47.8 Å². The van der Waals surface area contributed by atoms with Gasteiger partial charge < -0.3 is 5.32 Å². The molecule has 0 bridgehead atoms. The van der Waals surface area contributed by atoms with Crippen LogP contribution in [0.25, 0.3) is 5.57 Å². The first kappa shape index (κ1) is 13.6. The highest BCUT2D eigenvalue weighted by atomic mass is 32.2. The van der Waals surface area contributed by atoms with E-state index in [0.29, 0.717) is 0 Å². The lowest BCUT2D eigenvalue weighted by atomic mass is 10.2. The van der Waals surface area contributed by atoms with Gasteiger partial charge in [0.15, 0.2) is 0 Å². The van der Waals surface area contributed by atoms with E-state index in [1.54, 1.807) is 11.8 Å². The zero-order valence-corrected chi connectivity index (χ0v) is 12.9. The molecule has 0 saturated carbocycles. The average Bonchev–Trinajstić information content (AvgIpc) is 2.95. The Labute approximate surface area is 127 Å². The lowest BCUT2D eigenvalue weighted by Gasteiger charge is -2.23. The summed E-state index contributed by atoms with van der Waals surface area (Å²) < 4.78 is 8.90. The van der Waals surface area contributed by atoms with Gasteiger partial charge in [0.2, 0.25) is 0 Å². The maximum absolute atomic E-state index is 4.46. The quantitative estimate of drug-likeness (QED) is 0.880. The van der Waals surface area contributed by atoms with Crippen molar-refractivity contribution < 1.29 is 0 Å². The van der Waals surface area contributed by atoms with Gasteiger partial charge in [0, 0.05) is 24.1 Å². The largest absolute Gasteiger partial charge is 0.378 e. The second-order valence-corrected chi connectivity index (χ2v) is 6.23. The smallest absolute Gasteiger partial charge is 0.138 e. The Bertz CT molecular complexity index is 594. The van der Waals surface area contributed by atoms with Crippen LogP contribution in [0, 0.1) is 0 Å². The predicted molar refractivity (Wildman–Crippen MR) is 84.5 cm³/mol. The molecule has 0 atom stereocenters. The average molecular weight is 304 g/mol. The molecular formula is C14H16N4S2. The molecule has 1 N–H and O–H groups in total. The summed E-state index contributed by atoms with van der Waals surface area (Å²) in [5.74, 6) is 0.926. The van der Waals surface area contributed by atoms with Crippen molar-refractivity contribution in [2.24, 2.45) is 0 Å². The number of nitrogens with one attached hydrogen (secondary N) is 1. The molecule has 0 radical (unpaired) electrons. The molecule has 0 aliphatic carbocycles. The van der Waals surface area contributed by atoms with Crippen LogP contribution >= 0.6 is 23.5 Å².